The van der Waals surface area contributed by atoms with Crippen molar-refractivity contribution in [3.05, 3.63) is 56.9 Å². The number of benzene rings is 2. The van der Waals surface area contributed by atoms with E-state index in [1.54, 1.807) is 6.07 Å². The third-order valence-corrected chi connectivity index (χ3v) is 5.05. The van der Waals surface area contributed by atoms with Gasteiger partial charge in [-0.2, -0.15) is 0 Å². The van der Waals surface area contributed by atoms with Gasteiger partial charge in [-0.3, -0.25) is 0 Å². The third kappa shape index (κ3) is 2.79. The first kappa shape index (κ1) is 14.1. The monoisotopic (exact) mass is 448 g/mol. The molecule has 2 aromatic carbocycles. The Labute approximate surface area is 138 Å². The van der Waals surface area contributed by atoms with Crippen molar-refractivity contribution in [2.24, 2.45) is 0 Å². The molecule has 0 aromatic heterocycles. The number of fused-ring (bicyclic) bond motifs is 1. The number of ether oxygens (including phenoxy) is 2. The molecule has 0 fully saturated rings. The zero-order chi connectivity index (χ0) is 14.1. The van der Waals surface area contributed by atoms with Gasteiger partial charge in [0.1, 0.15) is 19.0 Å². The molecular formula is C15H11BrFIO2. The van der Waals surface area contributed by atoms with Crippen molar-refractivity contribution in [2.45, 2.75) is 4.83 Å². The highest BCUT2D eigenvalue weighted by atomic mass is 127. The molecule has 1 atom stereocenters. The van der Waals surface area contributed by atoms with Gasteiger partial charge in [-0.25, -0.2) is 4.39 Å². The third-order valence-electron chi connectivity index (χ3n) is 3.09. The first-order valence-corrected chi connectivity index (χ1v) is 8.13. The second kappa shape index (κ2) is 5.89. The zero-order valence-electron chi connectivity index (χ0n) is 10.4. The average molecular weight is 449 g/mol. The second-order valence-electron chi connectivity index (χ2n) is 4.43. The highest BCUT2D eigenvalue weighted by Crippen LogP contribution is 2.39. The van der Waals surface area contributed by atoms with Gasteiger partial charge in [-0.15, -0.1) is 0 Å². The summed E-state index contributed by atoms with van der Waals surface area (Å²) in [6.07, 6.45) is 0. The SMILES string of the molecule is Fc1ccc(C(Br)c2ccc3c(c2)OCCO3)c(I)c1. The van der Waals surface area contributed by atoms with E-state index in [4.69, 9.17) is 9.47 Å². The minimum atomic E-state index is -0.222. The van der Waals surface area contributed by atoms with Crippen molar-refractivity contribution >= 4 is 38.5 Å². The summed E-state index contributed by atoms with van der Waals surface area (Å²) in [7, 11) is 0. The Kier molecular flexibility index (Phi) is 4.16. The van der Waals surface area contributed by atoms with E-state index < -0.39 is 0 Å². The minimum absolute atomic E-state index is 0.00849. The number of halogens is 3. The molecule has 1 heterocycles. The summed E-state index contributed by atoms with van der Waals surface area (Å²) >= 11 is 5.82. The molecule has 0 N–H and O–H groups in total. The van der Waals surface area contributed by atoms with Crippen molar-refractivity contribution < 1.29 is 13.9 Å². The molecule has 1 aliphatic rings. The number of rotatable bonds is 2. The van der Waals surface area contributed by atoms with Gasteiger partial charge in [0.15, 0.2) is 11.5 Å². The minimum Gasteiger partial charge on any atom is -0.486 e. The highest BCUT2D eigenvalue weighted by molar-refractivity contribution is 14.1. The van der Waals surface area contributed by atoms with E-state index in [2.05, 4.69) is 38.5 Å². The summed E-state index contributed by atoms with van der Waals surface area (Å²) < 4.78 is 25.2. The molecule has 0 amide bonds. The first-order chi connectivity index (χ1) is 9.65. The lowest BCUT2D eigenvalue weighted by Gasteiger charge is -2.20. The Morgan fingerprint density at radius 1 is 1.05 bits per heavy atom. The molecule has 0 aliphatic carbocycles. The Morgan fingerprint density at radius 3 is 2.55 bits per heavy atom. The van der Waals surface area contributed by atoms with Gasteiger partial charge < -0.3 is 9.47 Å². The van der Waals surface area contributed by atoms with Crippen LogP contribution in [0.3, 0.4) is 0 Å². The summed E-state index contributed by atoms with van der Waals surface area (Å²) in [6, 6.07) is 10.7. The van der Waals surface area contributed by atoms with Crippen molar-refractivity contribution in [1.29, 1.82) is 0 Å². The topological polar surface area (TPSA) is 18.5 Å². The van der Waals surface area contributed by atoms with Gasteiger partial charge in [0.25, 0.3) is 0 Å². The van der Waals surface area contributed by atoms with Crippen LogP contribution in [0.1, 0.15) is 16.0 Å². The molecule has 3 rings (SSSR count). The maximum atomic E-state index is 13.2. The molecule has 1 aliphatic heterocycles. The van der Waals surface area contributed by atoms with Gasteiger partial charge in [0, 0.05) is 3.57 Å². The lowest BCUT2D eigenvalue weighted by atomic mass is 10.0. The lowest BCUT2D eigenvalue weighted by molar-refractivity contribution is 0.171. The fraction of sp³-hybridized carbons (Fsp3) is 0.200. The van der Waals surface area contributed by atoms with E-state index in [-0.39, 0.29) is 10.6 Å². The number of hydrogen-bond donors (Lipinski definition) is 0. The van der Waals surface area contributed by atoms with Crippen LogP contribution in [0.2, 0.25) is 0 Å². The number of hydrogen-bond acceptors (Lipinski definition) is 2. The van der Waals surface area contributed by atoms with E-state index in [1.807, 2.05) is 18.2 Å². The molecule has 1 unspecified atom stereocenters. The van der Waals surface area contributed by atoms with Crippen LogP contribution in [0, 0.1) is 9.39 Å². The predicted octanol–water partition coefficient (Wildman–Crippen LogP) is 4.69. The quantitative estimate of drug-likeness (QED) is 0.490. The Balaban J connectivity index is 1.95. The summed E-state index contributed by atoms with van der Waals surface area (Å²) in [6.45, 7) is 1.15. The van der Waals surface area contributed by atoms with Crippen molar-refractivity contribution in [3.8, 4) is 11.5 Å². The molecule has 0 saturated heterocycles. The fourth-order valence-corrected chi connectivity index (χ4v) is 4.00. The normalized spacial score (nSPS) is 14.9. The van der Waals surface area contributed by atoms with Crippen molar-refractivity contribution in [2.75, 3.05) is 13.2 Å². The standard InChI is InChI=1S/C15H11BrFIO2/c16-15(11-3-2-10(17)8-12(11)18)9-1-4-13-14(7-9)20-6-5-19-13/h1-4,7-8,15H,5-6H2. The Morgan fingerprint density at radius 2 is 1.80 bits per heavy atom. The zero-order valence-corrected chi connectivity index (χ0v) is 14.1. The molecule has 0 saturated carbocycles. The lowest BCUT2D eigenvalue weighted by Crippen LogP contribution is -2.15. The molecule has 5 heteroatoms. The van der Waals surface area contributed by atoms with E-state index in [1.165, 1.54) is 12.1 Å². The summed E-state index contributed by atoms with van der Waals surface area (Å²) in [5.74, 6) is 1.31. The molecule has 0 radical (unpaired) electrons. The van der Waals surface area contributed by atoms with Crippen molar-refractivity contribution in [1.82, 2.24) is 0 Å². The largest absolute Gasteiger partial charge is 0.486 e. The summed E-state index contributed by atoms with van der Waals surface area (Å²) in [4.78, 5) is -0.00849. The highest BCUT2D eigenvalue weighted by Gasteiger charge is 2.18. The van der Waals surface area contributed by atoms with Crippen LogP contribution in [-0.4, -0.2) is 13.2 Å². The summed E-state index contributed by atoms with van der Waals surface area (Å²) in [5, 5.41) is 0. The van der Waals surface area contributed by atoms with Crippen LogP contribution in [0.5, 0.6) is 11.5 Å². The van der Waals surface area contributed by atoms with E-state index in [0.717, 1.165) is 26.2 Å². The van der Waals surface area contributed by atoms with Gasteiger partial charge in [0.2, 0.25) is 0 Å². The predicted molar refractivity (Wildman–Crippen MR) is 87.3 cm³/mol. The van der Waals surface area contributed by atoms with Crippen LogP contribution >= 0.6 is 38.5 Å². The molecular weight excluding hydrogens is 438 g/mol. The Hall–Kier alpha value is -0.820. The summed E-state index contributed by atoms with van der Waals surface area (Å²) in [5.41, 5.74) is 2.09. The van der Waals surface area contributed by atoms with E-state index in [9.17, 15) is 4.39 Å². The molecule has 20 heavy (non-hydrogen) atoms. The Bertz CT molecular complexity index is 648. The molecule has 0 bridgehead atoms. The van der Waals surface area contributed by atoms with Crippen LogP contribution < -0.4 is 9.47 Å². The van der Waals surface area contributed by atoms with E-state index in [0.29, 0.717) is 13.2 Å². The number of alkyl halides is 1. The first-order valence-electron chi connectivity index (χ1n) is 6.14. The maximum absolute atomic E-state index is 13.2. The van der Waals surface area contributed by atoms with Gasteiger partial charge in [0.05, 0.1) is 4.83 Å². The van der Waals surface area contributed by atoms with Crippen LogP contribution in [0.15, 0.2) is 36.4 Å². The van der Waals surface area contributed by atoms with Crippen LogP contribution in [0.4, 0.5) is 4.39 Å². The molecule has 2 nitrogen and oxygen atoms in total. The van der Waals surface area contributed by atoms with E-state index >= 15 is 0 Å². The van der Waals surface area contributed by atoms with Gasteiger partial charge >= 0.3 is 0 Å². The van der Waals surface area contributed by atoms with Gasteiger partial charge in [-0.05, 0) is 58.0 Å². The molecule has 2 aromatic rings. The second-order valence-corrected chi connectivity index (χ2v) is 6.51. The van der Waals surface area contributed by atoms with Crippen LogP contribution in [0.25, 0.3) is 0 Å². The molecule has 104 valence electrons. The fourth-order valence-electron chi connectivity index (χ4n) is 2.10. The van der Waals surface area contributed by atoms with Crippen molar-refractivity contribution in [3.63, 3.8) is 0 Å². The van der Waals surface area contributed by atoms with Gasteiger partial charge in [-0.1, -0.05) is 28.1 Å². The smallest absolute Gasteiger partial charge is 0.161 e. The molecule has 0 spiro atoms. The maximum Gasteiger partial charge on any atom is 0.161 e. The van der Waals surface area contributed by atoms with Crippen LogP contribution in [-0.2, 0) is 0 Å². The average Bonchev–Trinajstić information content (AvgIpc) is 2.46.